The Morgan fingerprint density at radius 2 is 1.73 bits per heavy atom. The summed E-state index contributed by atoms with van der Waals surface area (Å²) in [5.74, 6) is 0.676. The van der Waals surface area contributed by atoms with Gasteiger partial charge in [0, 0.05) is 13.1 Å². The molecular formula is C22H28N2O5S. The minimum Gasteiger partial charge on any atom is -0.496 e. The van der Waals surface area contributed by atoms with Gasteiger partial charge in [-0.2, -0.15) is 4.31 Å². The number of nitrogens with zero attached hydrogens (tertiary/aromatic N) is 1. The zero-order valence-corrected chi connectivity index (χ0v) is 18.4. The normalized spacial score (nSPS) is 17.4. The van der Waals surface area contributed by atoms with Crippen molar-refractivity contribution >= 4 is 15.9 Å². The number of methoxy groups -OCH3 is 2. The van der Waals surface area contributed by atoms with Gasteiger partial charge in [-0.05, 0) is 44.0 Å². The lowest BCUT2D eigenvalue weighted by molar-refractivity contribution is -0.126. The smallest absolute Gasteiger partial charge is 0.243 e. The van der Waals surface area contributed by atoms with E-state index in [9.17, 15) is 13.2 Å². The van der Waals surface area contributed by atoms with Crippen LogP contribution >= 0.6 is 0 Å². The van der Waals surface area contributed by atoms with E-state index < -0.39 is 15.9 Å². The molecule has 30 heavy (non-hydrogen) atoms. The molecule has 1 saturated heterocycles. The molecule has 0 radical (unpaired) electrons. The van der Waals surface area contributed by atoms with Gasteiger partial charge in [0.2, 0.25) is 15.9 Å². The van der Waals surface area contributed by atoms with E-state index in [1.807, 2.05) is 13.0 Å². The van der Waals surface area contributed by atoms with Gasteiger partial charge in [0.25, 0.3) is 0 Å². The monoisotopic (exact) mass is 432 g/mol. The zero-order chi connectivity index (χ0) is 21.7. The fourth-order valence-electron chi connectivity index (χ4n) is 3.66. The van der Waals surface area contributed by atoms with E-state index in [4.69, 9.17) is 9.47 Å². The van der Waals surface area contributed by atoms with Crippen molar-refractivity contribution in [3.05, 3.63) is 53.6 Å². The lowest BCUT2D eigenvalue weighted by Crippen LogP contribution is -2.45. The first-order valence-corrected chi connectivity index (χ1v) is 11.3. The van der Waals surface area contributed by atoms with Crippen LogP contribution in [0.15, 0.2) is 47.4 Å². The Bertz CT molecular complexity index is 967. The number of hydrogen-bond acceptors (Lipinski definition) is 5. The third kappa shape index (κ3) is 4.76. The number of rotatable bonds is 7. The molecule has 1 heterocycles. The number of carbonyl (C=O) groups excluding carboxylic acids is 1. The maximum atomic E-state index is 13.0. The van der Waals surface area contributed by atoms with Gasteiger partial charge in [-0.3, -0.25) is 4.79 Å². The highest BCUT2D eigenvalue weighted by Crippen LogP contribution is 2.29. The van der Waals surface area contributed by atoms with Gasteiger partial charge < -0.3 is 14.8 Å². The van der Waals surface area contributed by atoms with Crippen molar-refractivity contribution in [1.29, 1.82) is 0 Å². The van der Waals surface area contributed by atoms with E-state index in [2.05, 4.69) is 5.32 Å². The molecule has 1 atom stereocenters. The van der Waals surface area contributed by atoms with E-state index in [1.54, 1.807) is 50.6 Å². The van der Waals surface area contributed by atoms with Gasteiger partial charge in [0.15, 0.2) is 0 Å². The lowest BCUT2D eigenvalue weighted by atomic mass is 9.98. The molecule has 3 rings (SSSR count). The number of hydrogen-bond donors (Lipinski definition) is 1. The molecule has 0 saturated carbocycles. The van der Waals surface area contributed by atoms with Crippen LogP contribution in [0.5, 0.6) is 11.5 Å². The topological polar surface area (TPSA) is 84.9 Å². The molecule has 0 unspecified atom stereocenters. The van der Waals surface area contributed by atoms with Crippen LogP contribution in [0.3, 0.4) is 0 Å². The molecule has 2 aromatic carbocycles. The van der Waals surface area contributed by atoms with E-state index >= 15 is 0 Å². The Kier molecular flexibility index (Phi) is 6.99. The summed E-state index contributed by atoms with van der Waals surface area (Å²) in [7, 11) is -0.491. The van der Waals surface area contributed by atoms with Crippen LogP contribution < -0.4 is 14.8 Å². The Morgan fingerprint density at radius 3 is 2.33 bits per heavy atom. The molecular weight excluding hydrogens is 404 g/mol. The molecule has 1 aliphatic heterocycles. The zero-order valence-electron chi connectivity index (χ0n) is 17.6. The Balaban J connectivity index is 1.69. The molecule has 0 bridgehead atoms. The number of carbonyl (C=O) groups is 1. The predicted molar refractivity (Wildman–Crippen MR) is 114 cm³/mol. The molecule has 0 aliphatic carbocycles. The van der Waals surface area contributed by atoms with Gasteiger partial charge in [-0.1, -0.05) is 23.8 Å². The molecule has 2 aromatic rings. The summed E-state index contributed by atoms with van der Waals surface area (Å²) in [4.78, 5) is 13.1. The number of benzene rings is 2. The minimum absolute atomic E-state index is 0.172. The molecule has 162 valence electrons. The second-order valence-corrected chi connectivity index (χ2v) is 9.31. The number of sulfonamides is 1. The van der Waals surface area contributed by atoms with Crippen LogP contribution in [-0.4, -0.2) is 45.9 Å². The van der Waals surface area contributed by atoms with Gasteiger partial charge in [0.1, 0.15) is 11.5 Å². The fraction of sp³-hybridized carbons (Fsp3) is 0.409. The van der Waals surface area contributed by atoms with Crippen LogP contribution in [0.25, 0.3) is 0 Å². The maximum absolute atomic E-state index is 13.0. The highest BCUT2D eigenvalue weighted by molar-refractivity contribution is 7.89. The number of nitrogens with one attached hydrogen (secondary N) is 1. The van der Waals surface area contributed by atoms with Crippen LogP contribution in [0, 0.1) is 12.8 Å². The van der Waals surface area contributed by atoms with E-state index in [0.717, 1.165) is 11.1 Å². The fourth-order valence-corrected chi connectivity index (χ4v) is 5.18. The first kappa shape index (κ1) is 22.1. The summed E-state index contributed by atoms with van der Waals surface area (Å²) < 4.78 is 38.1. The number of piperidine rings is 1. The summed E-state index contributed by atoms with van der Waals surface area (Å²) in [6.07, 6.45) is 1.29. The largest absolute Gasteiger partial charge is 0.496 e. The molecule has 1 amide bonds. The van der Waals surface area contributed by atoms with Crippen molar-refractivity contribution in [3.8, 4) is 11.5 Å². The number of ether oxygens (including phenoxy) is 2. The highest BCUT2D eigenvalue weighted by Gasteiger charge is 2.33. The first-order chi connectivity index (χ1) is 14.4. The van der Waals surface area contributed by atoms with Crippen LogP contribution in [0.1, 0.15) is 24.0 Å². The SMILES string of the molecule is COc1cccc(OC)c1CNC(=O)[C@@H]1CCCN(S(=O)(=O)c2ccc(C)cc2)C1. The standard InChI is InChI=1S/C22H28N2O5S/c1-16-9-11-18(12-10-16)30(26,27)24-13-5-6-17(15-24)22(25)23-14-19-20(28-2)7-4-8-21(19)29-3/h4,7-12,17H,5-6,13-15H2,1-3H3,(H,23,25)/t17-/m1/s1. The molecule has 0 spiro atoms. The third-order valence-electron chi connectivity index (χ3n) is 5.38. The lowest BCUT2D eigenvalue weighted by Gasteiger charge is -2.31. The average Bonchev–Trinajstić information content (AvgIpc) is 2.77. The quantitative estimate of drug-likeness (QED) is 0.727. The average molecular weight is 433 g/mol. The van der Waals surface area contributed by atoms with Crippen LogP contribution in [0.2, 0.25) is 0 Å². The number of amides is 1. The summed E-state index contributed by atoms with van der Waals surface area (Å²) in [5, 5.41) is 2.92. The van der Waals surface area contributed by atoms with Gasteiger partial charge in [-0.25, -0.2) is 8.42 Å². The summed E-state index contributed by atoms with van der Waals surface area (Å²) in [6.45, 7) is 2.74. The molecule has 8 heteroatoms. The molecule has 1 N–H and O–H groups in total. The predicted octanol–water partition coefficient (Wildman–Crippen LogP) is 2.73. The van der Waals surface area contributed by atoms with Crippen LogP contribution in [-0.2, 0) is 21.4 Å². The summed E-state index contributed by atoms with van der Waals surface area (Å²) >= 11 is 0. The van der Waals surface area contributed by atoms with Crippen molar-refractivity contribution < 1.29 is 22.7 Å². The van der Waals surface area contributed by atoms with Crippen LogP contribution in [0.4, 0.5) is 0 Å². The molecule has 1 aliphatic rings. The Labute approximate surface area is 178 Å². The first-order valence-electron chi connectivity index (χ1n) is 9.91. The van der Waals surface area contributed by atoms with Gasteiger partial charge in [0.05, 0.1) is 37.1 Å². The second kappa shape index (κ2) is 9.49. The van der Waals surface area contributed by atoms with Crippen molar-refractivity contribution in [2.75, 3.05) is 27.3 Å². The van der Waals surface area contributed by atoms with Crippen molar-refractivity contribution in [2.24, 2.45) is 5.92 Å². The van der Waals surface area contributed by atoms with E-state index in [1.165, 1.54) is 4.31 Å². The van der Waals surface area contributed by atoms with Gasteiger partial charge in [-0.15, -0.1) is 0 Å². The highest BCUT2D eigenvalue weighted by atomic mass is 32.2. The van der Waals surface area contributed by atoms with E-state index in [0.29, 0.717) is 30.9 Å². The summed E-state index contributed by atoms with van der Waals surface area (Å²) in [6, 6.07) is 12.2. The number of aryl methyl sites for hydroxylation is 1. The third-order valence-corrected chi connectivity index (χ3v) is 7.26. The summed E-state index contributed by atoms with van der Waals surface area (Å²) in [5.41, 5.74) is 1.74. The molecule has 0 aromatic heterocycles. The molecule has 1 fully saturated rings. The minimum atomic E-state index is -3.62. The van der Waals surface area contributed by atoms with Crippen molar-refractivity contribution in [1.82, 2.24) is 9.62 Å². The van der Waals surface area contributed by atoms with Crippen molar-refractivity contribution in [3.63, 3.8) is 0 Å². The Morgan fingerprint density at radius 1 is 1.10 bits per heavy atom. The maximum Gasteiger partial charge on any atom is 0.243 e. The van der Waals surface area contributed by atoms with E-state index in [-0.39, 0.29) is 23.9 Å². The molecule has 7 nitrogen and oxygen atoms in total. The van der Waals surface area contributed by atoms with Gasteiger partial charge >= 0.3 is 0 Å². The second-order valence-electron chi connectivity index (χ2n) is 7.37. The Hall–Kier alpha value is -2.58. The van der Waals surface area contributed by atoms with Crippen molar-refractivity contribution in [2.45, 2.75) is 31.2 Å².